The fourth-order valence-electron chi connectivity index (χ4n) is 4.44. The number of benzene rings is 1. The molecule has 2 aliphatic rings. The first-order valence-corrected chi connectivity index (χ1v) is 10.4. The first kappa shape index (κ1) is 21.5. The fraction of sp³-hybridized carbons (Fsp3) is 0.524. The third-order valence-corrected chi connectivity index (χ3v) is 5.95. The Morgan fingerprint density at radius 1 is 1.23 bits per heavy atom. The van der Waals surface area contributed by atoms with Crippen molar-refractivity contribution in [1.29, 1.82) is 0 Å². The van der Waals surface area contributed by atoms with E-state index in [0.29, 0.717) is 38.5 Å². The van der Waals surface area contributed by atoms with Crippen LogP contribution in [0.3, 0.4) is 0 Å². The molecule has 2 saturated heterocycles. The van der Waals surface area contributed by atoms with Gasteiger partial charge in [0, 0.05) is 30.9 Å². The van der Waals surface area contributed by atoms with Crippen LogP contribution in [0, 0.1) is 13.8 Å². The largest absolute Gasteiger partial charge is 0.416 e. The number of morpholine rings is 1. The topological polar surface area (TPSA) is 73.5 Å². The predicted octanol–water partition coefficient (Wildman–Crippen LogP) is 4.25. The molecule has 168 valence electrons. The highest BCUT2D eigenvalue weighted by Crippen LogP contribution is 2.38. The highest BCUT2D eigenvalue weighted by atomic mass is 19.4. The summed E-state index contributed by atoms with van der Waals surface area (Å²) in [5.74, 6) is 0. The Hall–Kier alpha value is -2.75. The molecule has 2 aliphatic heterocycles. The number of likely N-dealkylation sites (tertiary alicyclic amines) is 1. The molecule has 1 aromatic carbocycles. The van der Waals surface area contributed by atoms with E-state index in [9.17, 15) is 18.0 Å². The van der Waals surface area contributed by atoms with Crippen molar-refractivity contribution in [2.45, 2.75) is 38.9 Å². The highest BCUT2D eigenvalue weighted by Gasteiger charge is 2.35. The van der Waals surface area contributed by atoms with E-state index in [4.69, 9.17) is 4.74 Å². The van der Waals surface area contributed by atoms with Crippen LogP contribution >= 0.6 is 0 Å². The number of aromatic amines is 1. The molecule has 10 heteroatoms. The number of ether oxygens (including phenoxy) is 1. The average Bonchev–Trinajstić information content (AvgIpc) is 3.34. The molecular weight excluding hydrogens is 411 g/mol. The van der Waals surface area contributed by atoms with Crippen molar-refractivity contribution < 1.29 is 22.7 Å². The summed E-state index contributed by atoms with van der Waals surface area (Å²) in [5, 5.41) is 9.94. The van der Waals surface area contributed by atoms with E-state index in [2.05, 4.69) is 15.5 Å². The number of nitrogens with zero attached hydrogens (tertiary/aromatic N) is 3. The number of halogens is 3. The van der Waals surface area contributed by atoms with Crippen molar-refractivity contribution in [2.24, 2.45) is 0 Å². The molecule has 1 atom stereocenters. The summed E-state index contributed by atoms with van der Waals surface area (Å²) in [5.41, 5.74) is 2.64. The third kappa shape index (κ3) is 4.34. The lowest BCUT2D eigenvalue weighted by Gasteiger charge is -2.32. The van der Waals surface area contributed by atoms with Crippen LogP contribution in [0.25, 0.3) is 0 Å². The summed E-state index contributed by atoms with van der Waals surface area (Å²) >= 11 is 0. The molecule has 2 amide bonds. The smallest absolute Gasteiger partial charge is 0.378 e. The van der Waals surface area contributed by atoms with E-state index in [1.54, 1.807) is 4.90 Å². The third-order valence-electron chi connectivity index (χ3n) is 5.95. The zero-order valence-corrected chi connectivity index (χ0v) is 17.6. The Bertz CT molecular complexity index is 933. The lowest BCUT2D eigenvalue weighted by atomic mass is 10.0. The second kappa shape index (κ2) is 8.41. The van der Waals surface area contributed by atoms with Crippen LogP contribution < -0.4 is 10.2 Å². The molecule has 31 heavy (non-hydrogen) atoms. The van der Waals surface area contributed by atoms with Crippen LogP contribution in [0.5, 0.6) is 0 Å². The van der Waals surface area contributed by atoms with Crippen LogP contribution in [0.2, 0.25) is 0 Å². The van der Waals surface area contributed by atoms with Crippen molar-refractivity contribution in [1.82, 2.24) is 15.1 Å². The summed E-state index contributed by atoms with van der Waals surface area (Å²) in [6, 6.07) is 2.93. The summed E-state index contributed by atoms with van der Waals surface area (Å²) in [6.07, 6.45) is -2.89. The highest BCUT2D eigenvalue weighted by molar-refractivity contribution is 5.94. The zero-order valence-electron chi connectivity index (χ0n) is 17.6. The molecule has 0 radical (unpaired) electrons. The lowest BCUT2D eigenvalue weighted by Crippen LogP contribution is -2.38. The summed E-state index contributed by atoms with van der Waals surface area (Å²) in [4.78, 5) is 16.8. The number of hydrogen-bond donors (Lipinski definition) is 2. The van der Waals surface area contributed by atoms with Gasteiger partial charge in [-0.3, -0.25) is 5.10 Å². The minimum Gasteiger partial charge on any atom is -0.378 e. The maximum atomic E-state index is 13.3. The number of amides is 2. The first-order valence-electron chi connectivity index (χ1n) is 10.4. The number of nitrogens with one attached hydrogen (secondary N) is 2. The van der Waals surface area contributed by atoms with E-state index in [1.165, 1.54) is 6.07 Å². The van der Waals surface area contributed by atoms with Gasteiger partial charge >= 0.3 is 12.2 Å². The van der Waals surface area contributed by atoms with Gasteiger partial charge in [-0.1, -0.05) is 0 Å². The maximum Gasteiger partial charge on any atom is 0.416 e. The van der Waals surface area contributed by atoms with Gasteiger partial charge < -0.3 is 19.9 Å². The van der Waals surface area contributed by atoms with E-state index in [-0.39, 0.29) is 11.7 Å². The van der Waals surface area contributed by atoms with E-state index >= 15 is 0 Å². The molecular formula is C21H26F3N5O2. The Labute approximate surface area is 178 Å². The minimum absolute atomic E-state index is 0.156. The van der Waals surface area contributed by atoms with Crippen LogP contribution in [-0.2, 0) is 10.9 Å². The van der Waals surface area contributed by atoms with Gasteiger partial charge in [0.15, 0.2) is 0 Å². The monoisotopic (exact) mass is 437 g/mol. The van der Waals surface area contributed by atoms with Gasteiger partial charge in [-0.2, -0.15) is 18.3 Å². The molecule has 0 bridgehead atoms. The number of hydrogen-bond acceptors (Lipinski definition) is 4. The molecule has 0 unspecified atom stereocenters. The Kier molecular flexibility index (Phi) is 5.83. The molecule has 2 fully saturated rings. The van der Waals surface area contributed by atoms with Gasteiger partial charge in [-0.25, -0.2) is 4.79 Å². The number of aryl methyl sites for hydroxylation is 2. The Morgan fingerprint density at radius 3 is 2.61 bits per heavy atom. The number of H-pyrrole nitrogens is 1. The van der Waals surface area contributed by atoms with Gasteiger partial charge in [0.2, 0.25) is 0 Å². The first-order chi connectivity index (χ1) is 14.8. The number of carbonyl (C=O) groups excluding carboxylic acids is 1. The van der Waals surface area contributed by atoms with Crippen molar-refractivity contribution in [3.05, 3.63) is 40.7 Å². The maximum absolute atomic E-state index is 13.3. The van der Waals surface area contributed by atoms with Gasteiger partial charge in [0.25, 0.3) is 0 Å². The molecule has 7 nitrogen and oxygen atoms in total. The molecule has 4 rings (SSSR count). The Morgan fingerprint density at radius 2 is 1.97 bits per heavy atom. The van der Waals surface area contributed by atoms with Crippen molar-refractivity contribution in [3.8, 4) is 0 Å². The SMILES string of the molecule is Cc1n[nH]c(C)c1[C@H]1CCCN1C(=O)Nc1cc(C(F)(F)F)ccc1N1CCOCC1. The molecule has 1 aromatic heterocycles. The number of alkyl halides is 3. The molecule has 3 heterocycles. The lowest BCUT2D eigenvalue weighted by molar-refractivity contribution is -0.137. The van der Waals surface area contributed by atoms with Gasteiger partial charge in [-0.05, 0) is 44.9 Å². The van der Waals surface area contributed by atoms with Crippen LogP contribution in [0.1, 0.15) is 41.4 Å². The number of rotatable bonds is 3. The predicted molar refractivity (Wildman–Crippen MR) is 110 cm³/mol. The number of aromatic nitrogens is 2. The second-order valence-electron chi connectivity index (χ2n) is 7.96. The van der Waals surface area contributed by atoms with Gasteiger partial charge in [-0.15, -0.1) is 0 Å². The summed E-state index contributed by atoms with van der Waals surface area (Å²) in [6.45, 7) is 6.40. The summed E-state index contributed by atoms with van der Waals surface area (Å²) < 4.78 is 45.4. The van der Waals surface area contributed by atoms with Crippen LogP contribution in [0.4, 0.5) is 29.3 Å². The Balaban J connectivity index is 1.63. The van der Waals surface area contributed by atoms with E-state index in [1.807, 2.05) is 18.7 Å². The molecule has 0 aliphatic carbocycles. The quantitative estimate of drug-likeness (QED) is 0.753. The molecule has 2 N–H and O–H groups in total. The van der Waals surface area contributed by atoms with Crippen molar-refractivity contribution in [2.75, 3.05) is 43.1 Å². The van der Waals surface area contributed by atoms with Crippen LogP contribution in [0.15, 0.2) is 18.2 Å². The number of urea groups is 1. The second-order valence-corrected chi connectivity index (χ2v) is 7.96. The zero-order chi connectivity index (χ0) is 22.2. The standard InChI is InChI=1S/C21H26F3N5O2/c1-13-19(14(2)27-26-13)18-4-3-7-29(18)20(30)25-16-12-15(21(22,23)24)5-6-17(16)28-8-10-31-11-9-28/h5-6,12,18H,3-4,7-11H2,1-2H3,(H,25,30)(H,26,27)/t18-/m1/s1. The van der Waals surface area contributed by atoms with Gasteiger partial charge in [0.1, 0.15) is 0 Å². The fourth-order valence-corrected chi connectivity index (χ4v) is 4.44. The number of anilines is 2. The number of carbonyl (C=O) groups is 1. The molecule has 0 saturated carbocycles. The van der Waals surface area contributed by atoms with Crippen molar-refractivity contribution in [3.63, 3.8) is 0 Å². The van der Waals surface area contributed by atoms with E-state index in [0.717, 1.165) is 41.9 Å². The van der Waals surface area contributed by atoms with Crippen LogP contribution in [-0.4, -0.2) is 54.0 Å². The minimum atomic E-state index is -4.50. The van der Waals surface area contributed by atoms with E-state index < -0.39 is 17.8 Å². The summed E-state index contributed by atoms with van der Waals surface area (Å²) in [7, 11) is 0. The van der Waals surface area contributed by atoms with Gasteiger partial charge in [0.05, 0.1) is 41.9 Å². The van der Waals surface area contributed by atoms with Crippen molar-refractivity contribution >= 4 is 17.4 Å². The molecule has 0 spiro atoms. The average molecular weight is 437 g/mol. The normalized spacial score (nSPS) is 19.7. The molecule has 2 aromatic rings.